The topological polar surface area (TPSA) is 163 Å². The lowest BCUT2D eigenvalue weighted by Gasteiger charge is -2.46. The first-order valence-electron chi connectivity index (χ1n) is 13.1. The van der Waals surface area contributed by atoms with Crippen molar-refractivity contribution in [2.24, 2.45) is 5.92 Å². The van der Waals surface area contributed by atoms with E-state index in [0.717, 1.165) is 29.5 Å². The van der Waals surface area contributed by atoms with Crippen molar-refractivity contribution in [2.45, 2.75) is 74.9 Å². The van der Waals surface area contributed by atoms with Crippen molar-refractivity contribution in [3.63, 3.8) is 0 Å². The molecule has 0 saturated heterocycles. The highest BCUT2D eigenvalue weighted by molar-refractivity contribution is 14.1. The molecule has 0 radical (unpaired) electrons. The van der Waals surface area contributed by atoms with Crippen LogP contribution in [0.5, 0.6) is 0 Å². The van der Waals surface area contributed by atoms with Crippen LogP contribution in [0, 0.1) is 5.92 Å². The minimum Gasteiger partial charge on any atom is -0.481 e. The summed E-state index contributed by atoms with van der Waals surface area (Å²) >= 11 is 0.838. The highest BCUT2D eigenvalue weighted by atomic mass is 127. The summed E-state index contributed by atoms with van der Waals surface area (Å²) in [5.74, 6) is -7.48. The Morgan fingerprint density at radius 1 is 0.870 bits per heavy atom. The summed E-state index contributed by atoms with van der Waals surface area (Å²) in [7, 11) is 7.18. The third-order valence-corrected chi connectivity index (χ3v) is 13.6. The van der Waals surface area contributed by atoms with E-state index in [1.54, 1.807) is 14.8 Å². The van der Waals surface area contributed by atoms with E-state index in [9.17, 15) is 50.0 Å². The van der Waals surface area contributed by atoms with Crippen LogP contribution in [0.15, 0.2) is 0 Å². The Kier molecular flexibility index (Phi) is 17.8. The van der Waals surface area contributed by atoms with Gasteiger partial charge < -0.3 is 24.1 Å². The first-order valence-corrected chi connectivity index (χ1v) is 18.5. The molecule has 13 atom stereocenters. The number of hydrogen-bond donors (Lipinski definition) is 2. The van der Waals surface area contributed by atoms with E-state index in [1.165, 1.54) is 33.2 Å². The number of rotatable bonds is 19. The fraction of sp³-hybridized carbons (Fsp3) is 0.857. The van der Waals surface area contributed by atoms with Gasteiger partial charge in [-0.3, -0.25) is 23.3 Å². The number of aliphatic carboxylic acids is 1. The normalized spacial score (nSPS) is 20.8. The van der Waals surface area contributed by atoms with Crippen molar-refractivity contribution >= 4 is 113 Å². The zero-order valence-electron chi connectivity index (χ0n) is 25.5. The van der Waals surface area contributed by atoms with E-state index >= 15 is 4.39 Å². The smallest absolute Gasteiger partial charge is 0.410 e. The van der Waals surface area contributed by atoms with Crippen LogP contribution < -0.4 is 0 Å². The second-order valence-corrected chi connectivity index (χ2v) is 22.0. The maximum absolute atomic E-state index is 15.4. The minimum atomic E-state index is -5.51. The fourth-order valence-corrected chi connectivity index (χ4v) is 6.38. The predicted octanol–water partition coefficient (Wildman–Crippen LogP) is 1.31. The molecule has 0 aromatic heterocycles. The van der Waals surface area contributed by atoms with Gasteiger partial charge in [0, 0.05) is 9.95 Å². The zero-order valence-corrected chi connectivity index (χ0v) is 34.2. The Morgan fingerprint density at radius 3 is 1.65 bits per heavy atom. The summed E-state index contributed by atoms with van der Waals surface area (Å²) in [6, 6.07) is 0. The monoisotopic (exact) mass is 898 g/mol. The molecule has 46 heavy (non-hydrogen) atoms. The molecule has 2 N–H and O–H groups in total. The quantitative estimate of drug-likeness (QED) is 0.0366. The average molecular weight is 898 g/mol. The third-order valence-electron chi connectivity index (χ3n) is 6.77. The minimum absolute atomic E-state index is 0.215. The largest absolute Gasteiger partial charge is 0.481 e. The molecule has 0 spiro atoms. The number of halogens is 6. The number of carbonyl (C=O) groups is 3. The number of ether oxygens (including phenoxy) is 4. The summed E-state index contributed by atoms with van der Waals surface area (Å²) in [5.41, 5.74) is -1.83. The number of carboxylic acids is 1. The van der Waals surface area contributed by atoms with Crippen LogP contribution in [0.1, 0.15) is 27.2 Å². The van der Waals surface area contributed by atoms with E-state index in [4.69, 9.17) is 18.9 Å². The molecule has 11 nitrogen and oxygen atoms in total. The van der Waals surface area contributed by atoms with Crippen molar-refractivity contribution in [1.82, 2.24) is 0 Å². The van der Waals surface area contributed by atoms with Crippen LogP contribution in [0.3, 0.4) is 0 Å². The molecule has 0 amide bonds. The highest BCUT2D eigenvalue weighted by Gasteiger charge is 2.62. The number of esters is 2. The lowest BCUT2D eigenvalue weighted by molar-refractivity contribution is -0.166. The first-order chi connectivity index (χ1) is 20.2. The van der Waals surface area contributed by atoms with Gasteiger partial charge in [-0.05, 0) is 13.8 Å². The summed E-state index contributed by atoms with van der Waals surface area (Å²) in [6.45, 7) is 1.49. The lowest BCUT2D eigenvalue weighted by atomic mass is 9.61. The van der Waals surface area contributed by atoms with E-state index in [0.29, 0.717) is 0 Å². The van der Waals surface area contributed by atoms with Gasteiger partial charge in [0.05, 0.1) is 44.3 Å². The van der Waals surface area contributed by atoms with Gasteiger partial charge in [-0.2, -0.15) is 21.6 Å². The Bertz CT molecular complexity index is 1190. The van der Waals surface area contributed by atoms with Gasteiger partial charge >= 0.3 is 24.1 Å². The van der Waals surface area contributed by atoms with Gasteiger partial charge in [-0.1, -0.05) is 38.8 Å². The number of hydrogen-bond acceptors (Lipinski definition) is 9. The SMILES string of the molecule is BC(P)(COCC(C)OC(=O)C(C(CC(=O)O)C(=O)OC(C)COCC(F)(P)C(P)(I)C(F)(F)F)S(=O)(=O)O)C(B)(F)C(C)(P)P. The van der Waals surface area contributed by atoms with Crippen LogP contribution in [0.25, 0.3) is 0 Å². The fourth-order valence-electron chi connectivity index (χ4n) is 3.52. The van der Waals surface area contributed by atoms with E-state index in [2.05, 4.69) is 27.7 Å². The van der Waals surface area contributed by atoms with Gasteiger partial charge in [-0.25, -0.2) is 4.39 Å². The van der Waals surface area contributed by atoms with Crippen molar-refractivity contribution in [3.8, 4) is 0 Å². The van der Waals surface area contributed by atoms with Crippen molar-refractivity contribution in [3.05, 3.63) is 0 Å². The van der Waals surface area contributed by atoms with Crippen molar-refractivity contribution in [2.75, 3.05) is 26.4 Å². The first kappa shape index (κ1) is 46.9. The molecule has 0 saturated carbocycles. The number of carbonyl (C=O) groups excluding carboxylic acids is 2. The molecule has 0 bridgehead atoms. The average Bonchev–Trinajstić information content (AvgIpc) is 2.80. The number of carboxylic acid groups (broad SMARTS) is 1. The van der Waals surface area contributed by atoms with Crippen LogP contribution in [-0.4, -0.2) is 126 Å². The highest BCUT2D eigenvalue weighted by Crippen LogP contribution is 2.55. The van der Waals surface area contributed by atoms with Crippen molar-refractivity contribution in [1.29, 1.82) is 0 Å². The number of alkyl halides is 6. The maximum atomic E-state index is 15.4. The molecule has 0 aliphatic heterocycles. The molecule has 0 heterocycles. The third kappa shape index (κ3) is 13.2. The summed E-state index contributed by atoms with van der Waals surface area (Å²) < 4.78 is 121. The molecule has 0 fully saturated rings. The van der Waals surface area contributed by atoms with Crippen LogP contribution in [0.4, 0.5) is 22.0 Å². The molecule has 268 valence electrons. The van der Waals surface area contributed by atoms with Crippen LogP contribution in [-0.2, 0) is 43.4 Å². The molecule has 13 unspecified atom stereocenters. The summed E-state index contributed by atoms with van der Waals surface area (Å²) in [6.07, 6.45) is -8.99. The molecule has 0 aliphatic rings. The molecule has 0 rings (SSSR count). The van der Waals surface area contributed by atoms with Gasteiger partial charge in [0.25, 0.3) is 10.1 Å². The second kappa shape index (κ2) is 17.4. The van der Waals surface area contributed by atoms with Gasteiger partial charge in [-0.15, -0.1) is 37.0 Å². The van der Waals surface area contributed by atoms with Crippen molar-refractivity contribution < 1.29 is 73.4 Å². The second-order valence-electron chi connectivity index (χ2n) is 11.4. The molecule has 0 aromatic rings. The molecule has 0 aliphatic carbocycles. The van der Waals surface area contributed by atoms with E-state index in [1.807, 2.05) is 0 Å². The van der Waals surface area contributed by atoms with Crippen LogP contribution >= 0.6 is 68.8 Å². The van der Waals surface area contributed by atoms with E-state index < -0.39 is 108 Å². The van der Waals surface area contributed by atoms with Gasteiger partial charge in [0.15, 0.2) is 21.7 Å². The Labute approximate surface area is 291 Å². The summed E-state index contributed by atoms with van der Waals surface area (Å²) in [5, 5.41) is 2.28. The molecular weight excluding hydrogens is 859 g/mol. The van der Waals surface area contributed by atoms with E-state index in [-0.39, 0.29) is 6.61 Å². The molecule has 25 heteroatoms. The van der Waals surface area contributed by atoms with Gasteiger partial charge in [0.2, 0.25) is 0 Å². The summed E-state index contributed by atoms with van der Waals surface area (Å²) in [4.78, 5) is 36.2. The Hall–Kier alpha value is 0.900. The predicted molar refractivity (Wildman–Crippen MR) is 191 cm³/mol. The standard InChI is InChI=1S/C21H39B2F5IO11P5S/c1-9(6-38-8-18(24,44)20(29,45)21(26,27)28)39-14(32)11(4-12(30)31)13(46(34,35)36)15(33)40-10(2)5-37-7-17(22,43)19(23,25)16(3,41)42/h9-11,13H,4-8,22-23,41-45H2,1-3H3,(H,30,31)(H,34,35,36). The Balaban J connectivity index is 5.67. The van der Waals surface area contributed by atoms with Crippen LogP contribution in [0.2, 0.25) is 0 Å². The Morgan fingerprint density at radius 2 is 1.28 bits per heavy atom. The zero-order chi connectivity index (χ0) is 36.9. The molecular formula is C21H39B2F5IO11P5S. The van der Waals surface area contributed by atoms with Gasteiger partial charge in [0.1, 0.15) is 20.1 Å². The lowest BCUT2D eigenvalue weighted by Crippen LogP contribution is -2.59. The molecule has 0 aromatic carbocycles. The maximum Gasteiger partial charge on any atom is 0.410 e.